The molecule has 0 saturated carbocycles. The Morgan fingerprint density at radius 2 is 2.10 bits per heavy atom. The van der Waals surface area contributed by atoms with Crippen LogP contribution >= 0.6 is 0 Å². The molecule has 1 atom stereocenters. The summed E-state index contributed by atoms with van der Waals surface area (Å²) in [6.45, 7) is 0.405. The SMILES string of the molecule is COc1ccc2c(c1)OC[C@H]2N(C)C(=O)c1ccc2nc(N)c3cnn(C)c3c2c1. The second kappa shape index (κ2) is 6.62. The largest absolute Gasteiger partial charge is 0.497 e. The minimum absolute atomic E-state index is 0.0960. The Bertz CT molecular complexity index is 1310. The number of methoxy groups -OCH3 is 1. The Morgan fingerprint density at radius 1 is 1.27 bits per heavy atom. The minimum Gasteiger partial charge on any atom is -0.497 e. The predicted octanol–water partition coefficient (Wildman–Crippen LogP) is 2.92. The average molecular weight is 403 g/mol. The van der Waals surface area contributed by atoms with Crippen LogP contribution in [0.4, 0.5) is 5.82 Å². The third-order valence-corrected chi connectivity index (χ3v) is 5.72. The number of rotatable bonds is 3. The maximum Gasteiger partial charge on any atom is 0.254 e. The predicted molar refractivity (Wildman–Crippen MR) is 114 cm³/mol. The Kier molecular flexibility index (Phi) is 4.02. The van der Waals surface area contributed by atoms with Crippen LogP contribution < -0.4 is 15.2 Å². The van der Waals surface area contributed by atoms with Crippen molar-refractivity contribution in [3.8, 4) is 11.5 Å². The first-order chi connectivity index (χ1) is 14.5. The molecule has 8 heteroatoms. The number of anilines is 1. The molecule has 3 heterocycles. The van der Waals surface area contributed by atoms with Crippen LogP contribution in [0, 0.1) is 0 Å². The zero-order valence-corrected chi connectivity index (χ0v) is 16.9. The molecule has 0 fully saturated rings. The first kappa shape index (κ1) is 18.2. The number of aryl methyl sites for hydroxylation is 1. The fourth-order valence-electron chi connectivity index (χ4n) is 4.06. The molecule has 0 spiro atoms. The molecule has 152 valence electrons. The molecule has 4 aromatic rings. The van der Waals surface area contributed by atoms with Crippen LogP contribution in [-0.4, -0.2) is 46.3 Å². The van der Waals surface area contributed by atoms with Gasteiger partial charge < -0.3 is 20.1 Å². The zero-order valence-electron chi connectivity index (χ0n) is 16.9. The van der Waals surface area contributed by atoms with Gasteiger partial charge in [0, 0.05) is 36.7 Å². The molecule has 1 aliphatic heterocycles. The van der Waals surface area contributed by atoms with Crippen molar-refractivity contribution in [3.63, 3.8) is 0 Å². The molecule has 0 radical (unpaired) electrons. The second-order valence-electron chi connectivity index (χ2n) is 7.41. The normalized spacial score (nSPS) is 15.2. The van der Waals surface area contributed by atoms with Crippen LogP contribution in [0.2, 0.25) is 0 Å². The van der Waals surface area contributed by atoms with Gasteiger partial charge in [0.2, 0.25) is 0 Å². The van der Waals surface area contributed by atoms with Crippen molar-refractivity contribution in [2.75, 3.05) is 26.5 Å². The summed E-state index contributed by atoms with van der Waals surface area (Å²) in [7, 11) is 5.26. The maximum atomic E-state index is 13.3. The van der Waals surface area contributed by atoms with E-state index in [4.69, 9.17) is 15.2 Å². The van der Waals surface area contributed by atoms with E-state index >= 15 is 0 Å². The molecular formula is C22H21N5O3. The van der Waals surface area contributed by atoms with Gasteiger partial charge in [0.15, 0.2) is 0 Å². The van der Waals surface area contributed by atoms with E-state index in [9.17, 15) is 4.79 Å². The summed E-state index contributed by atoms with van der Waals surface area (Å²) in [6.07, 6.45) is 1.69. The van der Waals surface area contributed by atoms with Gasteiger partial charge in [-0.1, -0.05) is 0 Å². The summed E-state index contributed by atoms with van der Waals surface area (Å²) in [5.74, 6) is 1.80. The number of carbonyl (C=O) groups is 1. The molecule has 5 rings (SSSR count). The van der Waals surface area contributed by atoms with E-state index in [1.54, 1.807) is 36.0 Å². The first-order valence-corrected chi connectivity index (χ1v) is 9.56. The minimum atomic E-state index is -0.171. The number of aromatic nitrogens is 3. The van der Waals surface area contributed by atoms with Gasteiger partial charge in [-0.2, -0.15) is 5.10 Å². The van der Waals surface area contributed by atoms with E-state index < -0.39 is 0 Å². The van der Waals surface area contributed by atoms with E-state index in [1.165, 1.54) is 0 Å². The van der Waals surface area contributed by atoms with Crippen molar-refractivity contribution < 1.29 is 14.3 Å². The Morgan fingerprint density at radius 3 is 2.90 bits per heavy atom. The second-order valence-corrected chi connectivity index (χ2v) is 7.41. The van der Waals surface area contributed by atoms with Crippen molar-refractivity contribution in [1.82, 2.24) is 19.7 Å². The van der Waals surface area contributed by atoms with Crippen molar-refractivity contribution in [1.29, 1.82) is 0 Å². The van der Waals surface area contributed by atoms with Crippen LogP contribution in [0.25, 0.3) is 21.8 Å². The highest BCUT2D eigenvalue weighted by molar-refractivity contribution is 6.10. The number of hydrogen-bond acceptors (Lipinski definition) is 6. The molecular weight excluding hydrogens is 382 g/mol. The number of ether oxygens (including phenoxy) is 2. The van der Waals surface area contributed by atoms with Crippen molar-refractivity contribution >= 4 is 33.5 Å². The Labute approximate surface area is 172 Å². The number of pyridine rings is 1. The molecule has 0 saturated heterocycles. The van der Waals surface area contributed by atoms with E-state index in [0.29, 0.717) is 18.0 Å². The summed E-state index contributed by atoms with van der Waals surface area (Å²) in [5.41, 5.74) is 9.19. The number of hydrogen-bond donors (Lipinski definition) is 1. The Hall–Kier alpha value is -3.81. The Balaban J connectivity index is 1.53. The van der Waals surface area contributed by atoms with Gasteiger partial charge in [0.05, 0.1) is 35.8 Å². The number of benzene rings is 2. The topological polar surface area (TPSA) is 95.5 Å². The van der Waals surface area contributed by atoms with Crippen LogP contribution in [0.3, 0.4) is 0 Å². The molecule has 2 N–H and O–H groups in total. The van der Waals surface area contributed by atoms with Gasteiger partial charge in [-0.25, -0.2) is 4.98 Å². The molecule has 2 aromatic heterocycles. The summed E-state index contributed by atoms with van der Waals surface area (Å²) in [6, 6.07) is 11.0. The summed E-state index contributed by atoms with van der Waals surface area (Å²) in [5, 5.41) is 5.91. The number of nitrogen functional groups attached to an aromatic ring is 1. The summed E-state index contributed by atoms with van der Waals surface area (Å²) in [4.78, 5) is 19.5. The van der Waals surface area contributed by atoms with Gasteiger partial charge in [-0.05, 0) is 30.3 Å². The molecule has 2 aromatic carbocycles. The molecule has 0 bridgehead atoms. The van der Waals surface area contributed by atoms with Gasteiger partial charge in [0.1, 0.15) is 23.9 Å². The lowest BCUT2D eigenvalue weighted by Crippen LogP contribution is -2.32. The van der Waals surface area contributed by atoms with Crippen molar-refractivity contribution in [3.05, 3.63) is 53.7 Å². The maximum absolute atomic E-state index is 13.3. The highest BCUT2D eigenvalue weighted by Crippen LogP contribution is 2.38. The summed E-state index contributed by atoms with van der Waals surface area (Å²) >= 11 is 0. The summed E-state index contributed by atoms with van der Waals surface area (Å²) < 4.78 is 12.8. The molecule has 8 nitrogen and oxygen atoms in total. The smallest absolute Gasteiger partial charge is 0.254 e. The third-order valence-electron chi connectivity index (χ3n) is 5.72. The lowest BCUT2D eigenvalue weighted by molar-refractivity contribution is 0.0708. The highest BCUT2D eigenvalue weighted by Gasteiger charge is 2.31. The third kappa shape index (κ3) is 2.64. The van der Waals surface area contributed by atoms with Crippen molar-refractivity contribution in [2.45, 2.75) is 6.04 Å². The number of likely N-dealkylation sites (N-methyl/N-ethyl adjacent to an activating group) is 1. The average Bonchev–Trinajstić information content (AvgIpc) is 3.36. The standard InChI is InChI=1S/C22H21N5O3/c1-26(18-11-30-19-9-13(29-3)5-6-14(18)19)22(28)12-4-7-17-15(8-12)20-16(21(23)25-17)10-24-27(20)2/h4-10,18H,11H2,1-3H3,(H2,23,25)/t18-/m1/s1. The van der Waals surface area contributed by atoms with Gasteiger partial charge >= 0.3 is 0 Å². The van der Waals surface area contributed by atoms with E-state index in [0.717, 1.165) is 38.9 Å². The molecule has 1 aliphatic rings. The van der Waals surface area contributed by atoms with Crippen molar-refractivity contribution in [2.24, 2.45) is 7.05 Å². The van der Waals surface area contributed by atoms with E-state index in [1.807, 2.05) is 37.4 Å². The number of carbonyl (C=O) groups excluding carboxylic acids is 1. The molecule has 1 amide bonds. The van der Waals surface area contributed by atoms with Crippen LogP contribution in [0.1, 0.15) is 22.0 Å². The zero-order chi connectivity index (χ0) is 21.0. The van der Waals surface area contributed by atoms with Gasteiger partial charge in [-0.15, -0.1) is 0 Å². The van der Waals surface area contributed by atoms with Crippen LogP contribution in [0.15, 0.2) is 42.6 Å². The monoisotopic (exact) mass is 403 g/mol. The number of nitrogens with zero attached hydrogens (tertiary/aromatic N) is 4. The van der Waals surface area contributed by atoms with E-state index in [-0.39, 0.29) is 11.9 Å². The fraction of sp³-hybridized carbons (Fsp3) is 0.227. The molecule has 0 unspecified atom stereocenters. The lowest BCUT2D eigenvalue weighted by atomic mass is 10.0. The van der Waals surface area contributed by atoms with Gasteiger partial charge in [-0.3, -0.25) is 9.48 Å². The van der Waals surface area contributed by atoms with E-state index in [2.05, 4.69) is 10.1 Å². The quantitative estimate of drug-likeness (QED) is 0.565. The van der Waals surface area contributed by atoms with Crippen LogP contribution in [0.5, 0.6) is 11.5 Å². The number of amides is 1. The first-order valence-electron chi connectivity index (χ1n) is 9.56. The highest BCUT2D eigenvalue weighted by atomic mass is 16.5. The lowest BCUT2D eigenvalue weighted by Gasteiger charge is -2.24. The molecule has 0 aliphatic carbocycles. The fourth-order valence-corrected chi connectivity index (χ4v) is 4.06. The molecule has 30 heavy (non-hydrogen) atoms. The van der Waals surface area contributed by atoms with Gasteiger partial charge in [0.25, 0.3) is 5.91 Å². The van der Waals surface area contributed by atoms with Crippen LogP contribution in [-0.2, 0) is 7.05 Å². The number of nitrogens with two attached hydrogens (primary N) is 1. The number of fused-ring (bicyclic) bond motifs is 4.